The van der Waals surface area contributed by atoms with Gasteiger partial charge in [-0.25, -0.2) is 0 Å². The van der Waals surface area contributed by atoms with Crippen LogP contribution in [0, 0.1) is 11.8 Å². The minimum absolute atomic E-state index is 0.504. The van der Waals surface area contributed by atoms with Crippen LogP contribution < -0.4 is 0 Å². The predicted molar refractivity (Wildman–Crippen MR) is 78.6 cm³/mol. The fourth-order valence-electron chi connectivity index (χ4n) is 1.79. The maximum Gasteiger partial charge on any atom is 0.108 e. The molecule has 0 unspecified atom stereocenters. The molecule has 0 saturated carbocycles. The van der Waals surface area contributed by atoms with Gasteiger partial charge in [-0.1, -0.05) is 66.6 Å². The van der Waals surface area contributed by atoms with E-state index in [1.165, 1.54) is 11.1 Å². The molecule has 0 radical (unpaired) electrons. The molecule has 2 aromatic carbocycles. The van der Waals surface area contributed by atoms with Crippen LogP contribution in [0.25, 0.3) is 0 Å². The fraction of sp³-hybridized carbons (Fsp3) is 0.222. The van der Waals surface area contributed by atoms with Gasteiger partial charge in [0.25, 0.3) is 0 Å². The molecule has 1 nitrogen and oxygen atoms in total. The van der Waals surface area contributed by atoms with Crippen LogP contribution in [0.1, 0.15) is 17.5 Å². The zero-order valence-electron chi connectivity index (χ0n) is 11.0. The second kappa shape index (κ2) is 8.13. The highest BCUT2D eigenvalue weighted by molar-refractivity contribution is 5.16. The van der Waals surface area contributed by atoms with Crippen molar-refractivity contribution in [2.24, 2.45) is 0 Å². The van der Waals surface area contributed by atoms with Gasteiger partial charge in [-0.2, -0.15) is 0 Å². The lowest BCUT2D eigenvalue weighted by molar-refractivity contribution is 0.153. The summed E-state index contributed by atoms with van der Waals surface area (Å²) in [6.07, 6.45) is 1.89. The first-order valence-corrected chi connectivity index (χ1v) is 6.56. The van der Waals surface area contributed by atoms with E-state index in [0.717, 1.165) is 12.8 Å². The number of rotatable bonds is 5. The second-order valence-electron chi connectivity index (χ2n) is 4.32. The Labute approximate surface area is 115 Å². The van der Waals surface area contributed by atoms with Gasteiger partial charge in [-0.15, -0.1) is 5.92 Å². The van der Waals surface area contributed by atoms with E-state index in [1.54, 1.807) is 0 Å². The SMILES string of the molecule is C(#CCOCc1ccccc1)CCc1ccccc1. The Morgan fingerprint density at radius 2 is 1.37 bits per heavy atom. The minimum Gasteiger partial charge on any atom is -0.364 e. The zero-order chi connectivity index (χ0) is 13.2. The van der Waals surface area contributed by atoms with Crippen LogP contribution in [0.2, 0.25) is 0 Å². The average molecular weight is 250 g/mol. The molecular formula is C18H18O. The third-order valence-corrected chi connectivity index (χ3v) is 2.79. The first-order valence-electron chi connectivity index (χ1n) is 6.56. The van der Waals surface area contributed by atoms with E-state index in [4.69, 9.17) is 4.74 Å². The molecule has 0 spiro atoms. The molecule has 0 N–H and O–H groups in total. The van der Waals surface area contributed by atoms with Crippen molar-refractivity contribution in [2.75, 3.05) is 6.61 Å². The van der Waals surface area contributed by atoms with Crippen molar-refractivity contribution < 1.29 is 4.74 Å². The summed E-state index contributed by atoms with van der Waals surface area (Å²) in [5.41, 5.74) is 2.52. The van der Waals surface area contributed by atoms with Crippen molar-refractivity contribution in [3.05, 3.63) is 71.8 Å². The topological polar surface area (TPSA) is 9.23 Å². The summed E-state index contributed by atoms with van der Waals surface area (Å²) in [7, 11) is 0. The van der Waals surface area contributed by atoms with Crippen molar-refractivity contribution in [3.63, 3.8) is 0 Å². The lowest BCUT2D eigenvalue weighted by Crippen LogP contribution is -1.92. The molecule has 0 aliphatic carbocycles. The van der Waals surface area contributed by atoms with Gasteiger partial charge < -0.3 is 4.74 Å². The molecule has 0 aromatic heterocycles. The summed E-state index contributed by atoms with van der Waals surface area (Å²) >= 11 is 0. The van der Waals surface area contributed by atoms with Gasteiger partial charge in [0.05, 0.1) is 6.61 Å². The van der Waals surface area contributed by atoms with Gasteiger partial charge >= 0.3 is 0 Å². The number of aryl methyl sites for hydroxylation is 1. The molecular weight excluding hydrogens is 232 g/mol. The number of hydrogen-bond acceptors (Lipinski definition) is 1. The smallest absolute Gasteiger partial charge is 0.108 e. The number of hydrogen-bond donors (Lipinski definition) is 0. The van der Waals surface area contributed by atoms with Gasteiger partial charge in [0.15, 0.2) is 0 Å². The van der Waals surface area contributed by atoms with Gasteiger partial charge in [0.2, 0.25) is 0 Å². The lowest BCUT2D eigenvalue weighted by Gasteiger charge is -1.99. The first-order chi connectivity index (χ1) is 9.45. The van der Waals surface area contributed by atoms with E-state index in [2.05, 4.69) is 48.2 Å². The summed E-state index contributed by atoms with van der Waals surface area (Å²) in [5, 5.41) is 0. The quantitative estimate of drug-likeness (QED) is 0.578. The van der Waals surface area contributed by atoms with E-state index < -0.39 is 0 Å². The third-order valence-electron chi connectivity index (χ3n) is 2.79. The largest absolute Gasteiger partial charge is 0.364 e. The Hall–Kier alpha value is -2.04. The Morgan fingerprint density at radius 3 is 2.05 bits per heavy atom. The Bertz CT molecular complexity index is 520. The van der Waals surface area contributed by atoms with Crippen LogP contribution in [0.5, 0.6) is 0 Å². The van der Waals surface area contributed by atoms with Crippen molar-refractivity contribution >= 4 is 0 Å². The summed E-state index contributed by atoms with van der Waals surface area (Å²) in [6, 6.07) is 20.6. The summed E-state index contributed by atoms with van der Waals surface area (Å²) in [6.45, 7) is 1.14. The second-order valence-corrected chi connectivity index (χ2v) is 4.32. The van der Waals surface area contributed by atoms with Crippen LogP contribution in [0.3, 0.4) is 0 Å². The molecule has 0 aliphatic rings. The van der Waals surface area contributed by atoms with Crippen molar-refractivity contribution in [1.82, 2.24) is 0 Å². The molecule has 19 heavy (non-hydrogen) atoms. The van der Waals surface area contributed by atoms with E-state index >= 15 is 0 Å². The predicted octanol–water partition coefficient (Wildman–Crippen LogP) is 3.84. The van der Waals surface area contributed by atoms with Crippen LogP contribution >= 0.6 is 0 Å². The van der Waals surface area contributed by atoms with Crippen molar-refractivity contribution in [2.45, 2.75) is 19.4 Å². The van der Waals surface area contributed by atoms with Crippen LogP contribution in [-0.2, 0) is 17.8 Å². The van der Waals surface area contributed by atoms with Crippen molar-refractivity contribution in [3.8, 4) is 11.8 Å². The zero-order valence-corrected chi connectivity index (χ0v) is 11.0. The molecule has 0 heterocycles. The summed E-state index contributed by atoms with van der Waals surface area (Å²) in [5.74, 6) is 6.20. The Kier molecular flexibility index (Phi) is 5.73. The average Bonchev–Trinajstić information content (AvgIpc) is 2.48. The molecule has 0 aliphatic heterocycles. The molecule has 0 atom stereocenters. The Balaban J connectivity index is 1.60. The van der Waals surface area contributed by atoms with E-state index in [-0.39, 0.29) is 0 Å². The summed E-state index contributed by atoms with van der Waals surface area (Å²) in [4.78, 5) is 0. The molecule has 0 fully saturated rings. The van der Waals surface area contributed by atoms with Crippen LogP contribution in [-0.4, -0.2) is 6.61 Å². The molecule has 0 bridgehead atoms. The standard InChI is InChI=1S/C18H18O/c1-4-10-17(11-5-1)12-8-3-9-15-19-16-18-13-6-2-7-14-18/h1-2,4-7,10-11,13-14H,8,12,15-16H2. The van der Waals surface area contributed by atoms with Crippen LogP contribution in [0.15, 0.2) is 60.7 Å². The molecule has 0 saturated heterocycles. The molecule has 2 rings (SSSR count). The number of ether oxygens (including phenoxy) is 1. The van der Waals surface area contributed by atoms with E-state index in [0.29, 0.717) is 13.2 Å². The third kappa shape index (κ3) is 5.42. The summed E-state index contributed by atoms with van der Waals surface area (Å²) < 4.78 is 5.50. The number of benzene rings is 2. The van der Waals surface area contributed by atoms with Gasteiger partial charge in [-0.05, 0) is 17.5 Å². The first kappa shape index (κ1) is 13.4. The lowest BCUT2D eigenvalue weighted by atomic mass is 10.1. The highest BCUT2D eigenvalue weighted by Crippen LogP contribution is 2.01. The normalized spacial score (nSPS) is 9.68. The van der Waals surface area contributed by atoms with E-state index in [1.807, 2.05) is 24.3 Å². The van der Waals surface area contributed by atoms with E-state index in [9.17, 15) is 0 Å². The monoisotopic (exact) mass is 250 g/mol. The maximum atomic E-state index is 5.50. The highest BCUT2D eigenvalue weighted by Gasteiger charge is 1.89. The van der Waals surface area contributed by atoms with Gasteiger partial charge in [0.1, 0.15) is 6.61 Å². The molecule has 0 amide bonds. The molecule has 2 aromatic rings. The molecule has 1 heteroatoms. The maximum absolute atomic E-state index is 5.50. The minimum atomic E-state index is 0.504. The fourth-order valence-corrected chi connectivity index (χ4v) is 1.79. The van der Waals surface area contributed by atoms with Gasteiger partial charge in [0, 0.05) is 6.42 Å². The Morgan fingerprint density at radius 1 is 0.737 bits per heavy atom. The van der Waals surface area contributed by atoms with Crippen LogP contribution in [0.4, 0.5) is 0 Å². The molecule has 96 valence electrons. The van der Waals surface area contributed by atoms with Gasteiger partial charge in [-0.3, -0.25) is 0 Å². The van der Waals surface area contributed by atoms with Crippen molar-refractivity contribution in [1.29, 1.82) is 0 Å². The highest BCUT2D eigenvalue weighted by atomic mass is 16.5.